The molecule has 3 aromatic heterocycles. The van der Waals surface area contributed by atoms with E-state index in [0.29, 0.717) is 31.5 Å². The maximum atomic E-state index is 5.65. The topological polar surface area (TPSA) is 93.2 Å². The molecule has 0 aliphatic carbocycles. The lowest BCUT2D eigenvalue weighted by atomic mass is 10.1. The number of thiophene rings is 1. The van der Waals surface area contributed by atoms with Gasteiger partial charge in [0.1, 0.15) is 17.8 Å². The maximum Gasteiger partial charge on any atom is 0.226 e. The van der Waals surface area contributed by atoms with Crippen molar-refractivity contribution in [2.45, 2.75) is 33.5 Å². The number of rotatable bonds is 7. The number of halogens is 1. The lowest BCUT2D eigenvalue weighted by Gasteiger charge is -2.11. The number of aliphatic imine (C=N–C) groups is 1. The van der Waals surface area contributed by atoms with Crippen LogP contribution in [0.2, 0.25) is 0 Å². The highest BCUT2D eigenvalue weighted by atomic mass is 127. The summed E-state index contributed by atoms with van der Waals surface area (Å²) in [6, 6.07) is 12.2. The van der Waals surface area contributed by atoms with E-state index in [9.17, 15) is 0 Å². The van der Waals surface area contributed by atoms with E-state index in [1.165, 1.54) is 10.4 Å². The van der Waals surface area contributed by atoms with Gasteiger partial charge in [-0.15, -0.1) is 45.5 Å². The molecular weight excluding hydrogens is 537 g/mol. The lowest BCUT2D eigenvalue weighted by Crippen LogP contribution is -2.37. The van der Waals surface area contributed by atoms with Crippen LogP contribution in [0.1, 0.15) is 27.8 Å². The Bertz CT molecular complexity index is 1150. The van der Waals surface area contributed by atoms with Crippen LogP contribution in [0.15, 0.2) is 57.5 Å². The summed E-state index contributed by atoms with van der Waals surface area (Å²) in [5, 5.41) is 17.1. The number of hydrogen-bond acceptors (Lipinski definition) is 6. The van der Waals surface area contributed by atoms with Gasteiger partial charge in [-0.3, -0.25) is 0 Å². The van der Waals surface area contributed by atoms with E-state index in [4.69, 9.17) is 4.42 Å². The zero-order chi connectivity index (χ0) is 21.6. The third kappa shape index (κ3) is 6.16. The second kappa shape index (κ2) is 11.2. The first-order chi connectivity index (χ1) is 15.1. The standard InChI is InChI=1S/C22H25N7OS.HI/c1-15-6-8-17(9-7-15)21-26-18(14-30-21)11-23-22(24-12-19-5-4-10-31-19)25-13-20-28-27-16(2)29(20)3;/h4-10,14H,11-13H2,1-3H3,(H2,23,24,25);1H. The normalized spacial score (nSPS) is 11.3. The van der Waals surface area contributed by atoms with Crippen LogP contribution >= 0.6 is 35.3 Å². The molecular formula is C22H26IN7OS. The molecule has 0 unspecified atom stereocenters. The third-order valence-electron chi connectivity index (χ3n) is 4.86. The van der Waals surface area contributed by atoms with Gasteiger partial charge in [0.2, 0.25) is 5.89 Å². The zero-order valence-electron chi connectivity index (χ0n) is 18.2. The number of aromatic nitrogens is 4. The van der Waals surface area contributed by atoms with E-state index in [1.807, 2.05) is 48.9 Å². The Morgan fingerprint density at radius 1 is 1.09 bits per heavy atom. The van der Waals surface area contributed by atoms with Gasteiger partial charge in [0.15, 0.2) is 11.8 Å². The third-order valence-corrected chi connectivity index (χ3v) is 5.73. The van der Waals surface area contributed by atoms with Crippen molar-refractivity contribution in [3.63, 3.8) is 0 Å². The highest BCUT2D eigenvalue weighted by molar-refractivity contribution is 14.0. The Kier molecular flexibility index (Phi) is 8.39. The maximum absolute atomic E-state index is 5.65. The first-order valence-electron chi connectivity index (χ1n) is 9.99. The fraction of sp³-hybridized carbons (Fsp3) is 0.273. The number of benzene rings is 1. The van der Waals surface area contributed by atoms with Crippen LogP contribution < -0.4 is 10.6 Å². The van der Waals surface area contributed by atoms with E-state index < -0.39 is 0 Å². The molecule has 0 saturated carbocycles. The van der Waals surface area contributed by atoms with E-state index in [-0.39, 0.29) is 24.0 Å². The molecule has 0 spiro atoms. The quantitative estimate of drug-likeness (QED) is 0.199. The first-order valence-corrected chi connectivity index (χ1v) is 10.9. The summed E-state index contributed by atoms with van der Waals surface area (Å²) >= 11 is 1.70. The summed E-state index contributed by atoms with van der Waals surface area (Å²) in [5.41, 5.74) is 2.92. The fourth-order valence-electron chi connectivity index (χ4n) is 2.89. The van der Waals surface area contributed by atoms with Crippen molar-refractivity contribution >= 4 is 41.3 Å². The Balaban J connectivity index is 0.00000289. The molecule has 0 saturated heterocycles. The monoisotopic (exact) mass is 563 g/mol. The van der Waals surface area contributed by atoms with Gasteiger partial charge in [-0.1, -0.05) is 23.8 Å². The predicted octanol–water partition coefficient (Wildman–Crippen LogP) is 4.20. The van der Waals surface area contributed by atoms with Crippen LogP contribution in [0.4, 0.5) is 0 Å². The molecule has 4 aromatic rings. The predicted molar refractivity (Wildman–Crippen MR) is 137 cm³/mol. The van der Waals surface area contributed by atoms with Crippen molar-refractivity contribution in [1.29, 1.82) is 0 Å². The molecule has 0 amide bonds. The molecule has 0 radical (unpaired) electrons. The van der Waals surface area contributed by atoms with Crippen molar-refractivity contribution in [2.75, 3.05) is 0 Å². The number of hydrogen-bond donors (Lipinski definition) is 2. The average molecular weight is 563 g/mol. The summed E-state index contributed by atoms with van der Waals surface area (Å²) in [6.07, 6.45) is 1.65. The van der Waals surface area contributed by atoms with Crippen LogP contribution in [0.25, 0.3) is 11.5 Å². The van der Waals surface area contributed by atoms with Crippen molar-refractivity contribution in [3.8, 4) is 11.5 Å². The second-order valence-corrected chi connectivity index (χ2v) is 8.22. The molecule has 1 aromatic carbocycles. The summed E-state index contributed by atoms with van der Waals surface area (Å²) in [7, 11) is 1.95. The molecule has 2 N–H and O–H groups in total. The van der Waals surface area contributed by atoms with Gasteiger partial charge >= 0.3 is 0 Å². The summed E-state index contributed by atoms with van der Waals surface area (Å²) in [6.45, 7) is 5.58. The lowest BCUT2D eigenvalue weighted by molar-refractivity contribution is 0.572. The summed E-state index contributed by atoms with van der Waals surface area (Å²) in [4.78, 5) is 10.5. The summed E-state index contributed by atoms with van der Waals surface area (Å²) < 4.78 is 7.60. The van der Waals surface area contributed by atoms with E-state index in [1.54, 1.807) is 17.6 Å². The van der Waals surface area contributed by atoms with Gasteiger partial charge in [0, 0.05) is 17.5 Å². The Morgan fingerprint density at radius 3 is 2.56 bits per heavy atom. The molecule has 0 bridgehead atoms. The summed E-state index contributed by atoms with van der Waals surface area (Å²) in [5.74, 6) is 2.98. The van der Waals surface area contributed by atoms with E-state index >= 15 is 0 Å². The number of aryl methyl sites for hydroxylation is 2. The van der Waals surface area contributed by atoms with Gasteiger partial charge in [-0.05, 0) is 37.4 Å². The Hall–Kier alpha value is -2.73. The molecule has 4 rings (SSSR count). The van der Waals surface area contributed by atoms with Gasteiger partial charge in [-0.25, -0.2) is 9.98 Å². The minimum absolute atomic E-state index is 0. The first kappa shape index (κ1) is 23.9. The van der Waals surface area contributed by atoms with Crippen molar-refractivity contribution in [1.82, 2.24) is 30.4 Å². The van der Waals surface area contributed by atoms with E-state index in [2.05, 4.69) is 49.2 Å². The van der Waals surface area contributed by atoms with Crippen LogP contribution in [-0.4, -0.2) is 25.7 Å². The largest absolute Gasteiger partial charge is 0.444 e. The van der Waals surface area contributed by atoms with E-state index in [0.717, 1.165) is 22.9 Å². The van der Waals surface area contributed by atoms with Gasteiger partial charge in [0.05, 0.1) is 19.6 Å². The second-order valence-electron chi connectivity index (χ2n) is 7.18. The minimum atomic E-state index is 0. The number of guanidine groups is 1. The van der Waals surface area contributed by atoms with Crippen LogP contribution in [0.5, 0.6) is 0 Å². The molecule has 3 heterocycles. The Labute approximate surface area is 208 Å². The number of nitrogens with zero attached hydrogens (tertiary/aromatic N) is 5. The van der Waals surface area contributed by atoms with Crippen LogP contribution in [0.3, 0.4) is 0 Å². The van der Waals surface area contributed by atoms with Gasteiger partial charge in [0.25, 0.3) is 0 Å². The number of oxazole rings is 1. The molecule has 168 valence electrons. The molecule has 10 heteroatoms. The minimum Gasteiger partial charge on any atom is -0.444 e. The molecule has 32 heavy (non-hydrogen) atoms. The number of nitrogens with one attached hydrogen (secondary N) is 2. The smallest absolute Gasteiger partial charge is 0.226 e. The molecule has 0 atom stereocenters. The Morgan fingerprint density at radius 2 is 1.88 bits per heavy atom. The zero-order valence-corrected chi connectivity index (χ0v) is 21.3. The highest BCUT2D eigenvalue weighted by Gasteiger charge is 2.09. The van der Waals surface area contributed by atoms with Crippen molar-refractivity contribution in [2.24, 2.45) is 12.0 Å². The van der Waals surface area contributed by atoms with Gasteiger partial charge < -0.3 is 19.6 Å². The molecule has 0 aliphatic rings. The van der Waals surface area contributed by atoms with Crippen molar-refractivity contribution < 1.29 is 4.42 Å². The van der Waals surface area contributed by atoms with Crippen LogP contribution in [-0.2, 0) is 26.7 Å². The fourth-order valence-corrected chi connectivity index (χ4v) is 3.54. The molecule has 0 aliphatic heterocycles. The molecule has 0 fully saturated rings. The van der Waals surface area contributed by atoms with Gasteiger partial charge in [-0.2, -0.15) is 0 Å². The van der Waals surface area contributed by atoms with Crippen molar-refractivity contribution in [3.05, 3.63) is 75.8 Å². The van der Waals surface area contributed by atoms with Crippen LogP contribution in [0, 0.1) is 13.8 Å². The highest BCUT2D eigenvalue weighted by Crippen LogP contribution is 2.19. The average Bonchev–Trinajstić information content (AvgIpc) is 3.52. The molecule has 8 nitrogen and oxygen atoms in total. The SMILES string of the molecule is Cc1ccc(-c2nc(CN=C(NCc3cccs3)NCc3nnc(C)n3C)co2)cc1.I.